The molecule has 0 saturated carbocycles. The van der Waals surface area contributed by atoms with Crippen molar-refractivity contribution in [2.75, 3.05) is 11.9 Å². The third kappa shape index (κ3) is 5.69. The van der Waals surface area contributed by atoms with Gasteiger partial charge in [-0.1, -0.05) is 91.0 Å². The maximum absolute atomic E-state index is 9.67. The van der Waals surface area contributed by atoms with Crippen LogP contribution in [0.25, 0.3) is 11.0 Å². The van der Waals surface area contributed by atoms with Crippen LogP contribution in [0.2, 0.25) is 0 Å². The minimum Gasteiger partial charge on any atom is -0.352 e. The largest absolute Gasteiger partial charge is 0.352 e. The molecule has 11 nitrogen and oxygen atoms in total. The lowest BCUT2D eigenvalue weighted by atomic mass is 9.77. The van der Waals surface area contributed by atoms with Gasteiger partial charge in [-0.25, -0.2) is 14.6 Å². The summed E-state index contributed by atoms with van der Waals surface area (Å²) in [7, 11) is 0. The van der Waals surface area contributed by atoms with Gasteiger partial charge in [-0.3, -0.25) is 0 Å². The van der Waals surface area contributed by atoms with Crippen molar-refractivity contribution < 1.29 is 28.5 Å². The maximum Gasteiger partial charge on any atom is 0.321 e. The van der Waals surface area contributed by atoms with E-state index in [9.17, 15) is 9.79 Å². The molecule has 2 fully saturated rings. The van der Waals surface area contributed by atoms with Gasteiger partial charge in [-0.15, -0.1) is 0 Å². The lowest BCUT2D eigenvalue weighted by Crippen LogP contribution is -2.38. The second kappa shape index (κ2) is 11.7. The Labute approximate surface area is 265 Å². The van der Waals surface area contributed by atoms with Crippen molar-refractivity contribution in [1.29, 1.82) is 0 Å². The van der Waals surface area contributed by atoms with Gasteiger partial charge in [-0.05, 0) is 42.3 Å². The monoisotopic (exact) mass is 645 g/mol. The average molecular weight is 646 g/mol. The lowest BCUT2D eigenvalue weighted by molar-refractivity contribution is -0.200. The molecular formula is C32H32N5O6PS. The van der Waals surface area contributed by atoms with Crippen LogP contribution in [0.3, 0.4) is 0 Å². The van der Waals surface area contributed by atoms with E-state index >= 15 is 0 Å². The molecule has 1 unspecified atom stereocenters. The highest BCUT2D eigenvalue weighted by Crippen LogP contribution is 2.46. The van der Waals surface area contributed by atoms with Crippen LogP contribution >= 0.6 is 6.72 Å². The molecule has 0 aliphatic carbocycles. The van der Waals surface area contributed by atoms with E-state index in [1.54, 1.807) is 10.9 Å². The zero-order chi connectivity index (χ0) is 31.2. The van der Waals surface area contributed by atoms with Gasteiger partial charge < -0.3 is 33.8 Å². The number of hydrogen-bond acceptors (Lipinski definition) is 9. The minimum atomic E-state index is -3.90. The number of anilines is 1. The van der Waals surface area contributed by atoms with E-state index in [0.717, 1.165) is 16.7 Å². The standard InChI is InChI=1S/C32H32N5O6PS/c1-31(2)42-26-25(19-40-44(38,39)45)41-30(27(26)43-31)37-29-24(18-35-37)28(33-20-34-29)36-32(21-12-6-3-7-13-21,22-14-8-4-9-15-22)23-16-10-5-11-17-23/h3-18,20,25-27,30H,19H2,1-2H3,(H,33,34,36)(H2,38,39,45)/t25-,26+,27?,30-/m1/s1. The molecule has 0 radical (unpaired) electrons. The first-order valence-electron chi connectivity index (χ1n) is 14.5. The van der Waals surface area contributed by atoms with Crippen molar-refractivity contribution in [2.24, 2.45) is 0 Å². The van der Waals surface area contributed by atoms with Crippen molar-refractivity contribution in [3.63, 3.8) is 0 Å². The summed E-state index contributed by atoms with van der Waals surface area (Å²) in [5.41, 5.74) is 2.78. The van der Waals surface area contributed by atoms with E-state index in [2.05, 4.69) is 58.5 Å². The van der Waals surface area contributed by atoms with E-state index in [4.69, 9.17) is 28.8 Å². The molecule has 4 atom stereocenters. The first kappa shape index (κ1) is 30.1. The number of hydrogen-bond donors (Lipinski definition) is 3. The maximum atomic E-state index is 9.67. The number of nitrogens with zero attached hydrogens (tertiary/aromatic N) is 4. The van der Waals surface area contributed by atoms with E-state index in [1.807, 2.05) is 68.4 Å². The van der Waals surface area contributed by atoms with Gasteiger partial charge in [0.25, 0.3) is 0 Å². The topological polar surface area (TPSA) is 133 Å². The SMILES string of the molecule is CC1(C)OC2[C@@H](O1)[C@@H](COP(O)(O)=S)O[C@H]2n1ncc2c(NC(c3ccccc3)(c3ccccc3)c3ccccc3)ncnc21. The Balaban J connectivity index is 1.32. The van der Waals surface area contributed by atoms with Crippen LogP contribution in [0, 0.1) is 0 Å². The second-order valence-electron chi connectivity index (χ2n) is 11.4. The molecule has 2 saturated heterocycles. The van der Waals surface area contributed by atoms with Gasteiger partial charge >= 0.3 is 6.72 Å². The zero-order valence-corrected chi connectivity index (χ0v) is 26.2. The normalized spacial score (nSPS) is 22.8. The van der Waals surface area contributed by atoms with E-state index in [1.165, 1.54) is 6.33 Å². The molecule has 45 heavy (non-hydrogen) atoms. The van der Waals surface area contributed by atoms with Crippen LogP contribution in [0.1, 0.15) is 36.8 Å². The van der Waals surface area contributed by atoms with Gasteiger partial charge in [0.2, 0.25) is 0 Å². The van der Waals surface area contributed by atoms with Crippen LogP contribution in [-0.2, 0) is 36.1 Å². The Morgan fingerprint density at radius 3 is 2.00 bits per heavy atom. The summed E-state index contributed by atoms with van der Waals surface area (Å²) in [6, 6.07) is 30.7. The summed E-state index contributed by atoms with van der Waals surface area (Å²) >= 11 is 4.65. The molecule has 3 aromatic carbocycles. The smallest absolute Gasteiger partial charge is 0.321 e. The van der Waals surface area contributed by atoms with Gasteiger partial charge in [0, 0.05) is 0 Å². The Hall–Kier alpha value is -3.58. The number of ether oxygens (including phenoxy) is 3. The fraction of sp³-hybridized carbons (Fsp3) is 0.281. The van der Waals surface area contributed by atoms with Gasteiger partial charge in [-0.2, -0.15) is 5.10 Å². The summed E-state index contributed by atoms with van der Waals surface area (Å²) < 4.78 is 25.5. The molecule has 0 amide bonds. The molecule has 2 aliphatic rings. The lowest BCUT2D eigenvalue weighted by Gasteiger charge is -2.37. The van der Waals surface area contributed by atoms with Crippen LogP contribution in [0.5, 0.6) is 0 Å². The summed E-state index contributed by atoms with van der Waals surface area (Å²) in [4.78, 5) is 28.7. The molecule has 0 spiro atoms. The van der Waals surface area contributed by atoms with Crippen LogP contribution in [0.15, 0.2) is 104 Å². The molecule has 13 heteroatoms. The molecule has 0 bridgehead atoms. The van der Waals surface area contributed by atoms with Crippen LogP contribution < -0.4 is 5.32 Å². The van der Waals surface area contributed by atoms with Crippen molar-refractivity contribution in [3.8, 4) is 0 Å². The summed E-state index contributed by atoms with van der Waals surface area (Å²) in [5, 5.41) is 9.18. The molecular weight excluding hydrogens is 613 g/mol. The predicted octanol–water partition coefficient (Wildman–Crippen LogP) is 4.87. The van der Waals surface area contributed by atoms with Crippen LogP contribution in [-0.4, -0.2) is 60.2 Å². The molecule has 7 rings (SSSR count). The Kier molecular flexibility index (Phi) is 7.79. The first-order valence-corrected chi connectivity index (χ1v) is 17.1. The fourth-order valence-corrected chi connectivity index (χ4v) is 6.79. The van der Waals surface area contributed by atoms with Crippen molar-refractivity contribution in [3.05, 3.63) is 120 Å². The quantitative estimate of drug-likeness (QED) is 0.150. The number of fused-ring (bicyclic) bond motifs is 2. The first-order chi connectivity index (χ1) is 21.6. The number of nitrogens with one attached hydrogen (secondary N) is 1. The van der Waals surface area contributed by atoms with E-state index < -0.39 is 42.6 Å². The Bertz CT molecular complexity index is 1740. The Morgan fingerprint density at radius 1 is 0.889 bits per heavy atom. The summed E-state index contributed by atoms with van der Waals surface area (Å²) in [6.45, 7) is -0.468. The molecule has 3 N–H and O–H groups in total. The predicted molar refractivity (Wildman–Crippen MR) is 171 cm³/mol. The molecule has 5 aromatic rings. The van der Waals surface area contributed by atoms with Crippen molar-refractivity contribution >= 4 is 35.4 Å². The minimum absolute atomic E-state index is 0.184. The van der Waals surface area contributed by atoms with E-state index in [-0.39, 0.29) is 6.61 Å². The van der Waals surface area contributed by atoms with Crippen molar-refractivity contribution in [2.45, 2.75) is 49.7 Å². The third-order valence-corrected chi connectivity index (χ3v) is 8.89. The Morgan fingerprint density at radius 2 is 1.44 bits per heavy atom. The van der Waals surface area contributed by atoms with E-state index in [0.29, 0.717) is 16.9 Å². The molecule has 2 aromatic heterocycles. The summed E-state index contributed by atoms with van der Waals surface area (Å²) in [6.07, 6.45) is 0.619. The fourth-order valence-electron chi connectivity index (χ4n) is 6.27. The van der Waals surface area contributed by atoms with Gasteiger partial charge in [0.1, 0.15) is 36.0 Å². The second-order valence-corrected chi connectivity index (χ2v) is 14.1. The van der Waals surface area contributed by atoms with Gasteiger partial charge in [0.15, 0.2) is 17.7 Å². The third-order valence-electron chi connectivity index (χ3n) is 8.09. The molecule has 2 aliphatic heterocycles. The number of aromatic nitrogens is 4. The zero-order valence-electron chi connectivity index (χ0n) is 24.5. The molecule has 4 heterocycles. The highest BCUT2D eigenvalue weighted by Gasteiger charge is 2.56. The average Bonchev–Trinajstić information content (AvgIpc) is 3.70. The number of benzene rings is 3. The highest BCUT2D eigenvalue weighted by atomic mass is 32.5. The van der Waals surface area contributed by atoms with Crippen molar-refractivity contribution in [1.82, 2.24) is 19.7 Å². The van der Waals surface area contributed by atoms with Gasteiger partial charge in [0.05, 0.1) is 18.2 Å². The number of rotatable bonds is 9. The summed E-state index contributed by atoms with van der Waals surface area (Å²) in [5.74, 6) is -0.332. The van der Waals surface area contributed by atoms with Crippen LogP contribution in [0.4, 0.5) is 5.82 Å². The highest BCUT2D eigenvalue weighted by molar-refractivity contribution is 8.06. The molecule has 232 valence electrons.